The quantitative estimate of drug-likeness (QED) is 0.645. The lowest BCUT2D eigenvalue weighted by Gasteiger charge is -2.24. The summed E-state index contributed by atoms with van der Waals surface area (Å²) in [6, 6.07) is 6.93. The van der Waals surface area contributed by atoms with Crippen LogP contribution in [0.4, 0.5) is 0 Å². The zero-order chi connectivity index (χ0) is 18.0. The van der Waals surface area contributed by atoms with Crippen molar-refractivity contribution in [2.45, 2.75) is 24.3 Å². The Morgan fingerprint density at radius 3 is 2.72 bits per heavy atom. The Kier molecular flexibility index (Phi) is 4.65. The van der Waals surface area contributed by atoms with Crippen molar-refractivity contribution in [3.8, 4) is 0 Å². The van der Waals surface area contributed by atoms with Gasteiger partial charge in [0.05, 0.1) is 10.6 Å². The first kappa shape index (κ1) is 17.2. The lowest BCUT2D eigenvalue weighted by atomic mass is 10.2. The van der Waals surface area contributed by atoms with Crippen LogP contribution in [0.5, 0.6) is 0 Å². The molecular weight excluding hydrogens is 342 g/mol. The number of hydrogen-bond acceptors (Lipinski definition) is 6. The normalized spacial score (nSPS) is 13.2. The molecule has 0 aliphatic carbocycles. The van der Waals surface area contributed by atoms with E-state index in [1.54, 1.807) is 24.7 Å². The molecule has 130 valence electrons. The van der Waals surface area contributed by atoms with Crippen LogP contribution < -0.4 is 5.63 Å². The molecule has 8 heteroatoms. The number of rotatable bonds is 5. The van der Waals surface area contributed by atoms with Crippen LogP contribution in [0.3, 0.4) is 0 Å². The third kappa shape index (κ3) is 3.59. The summed E-state index contributed by atoms with van der Waals surface area (Å²) >= 11 is 0. The van der Waals surface area contributed by atoms with Crippen LogP contribution in [0.15, 0.2) is 63.0 Å². The number of fused-ring (bicyclic) bond motifs is 1. The highest BCUT2D eigenvalue weighted by Crippen LogP contribution is 2.22. The molecule has 0 aliphatic heterocycles. The fraction of sp³-hybridized carbons (Fsp3) is 0.235. The minimum atomic E-state index is -3.69. The number of hydrogen-bond donors (Lipinski definition) is 0. The summed E-state index contributed by atoms with van der Waals surface area (Å²) in [5, 5.41) is 0.552. The van der Waals surface area contributed by atoms with Gasteiger partial charge in [-0.3, -0.25) is 9.97 Å². The van der Waals surface area contributed by atoms with E-state index in [9.17, 15) is 13.2 Å². The average molecular weight is 359 g/mol. The highest BCUT2D eigenvalue weighted by Gasteiger charge is 2.26. The van der Waals surface area contributed by atoms with Gasteiger partial charge in [-0.25, -0.2) is 13.2 Å². The molecule has 1 aromatic carbocycles. The van der Waals surface area contributed by atoms with E-state index in [4.69, 9.17) is 4.42 Å². The maximum atomic E-state index is 12.9. The van der Waals surface area contributed by atoms with Gasteiger partial charge in [-0.15, -0.1) is 0 Å². The zero-order valence-electron chi connectivity index (χ0n) is 13.8. The van der Waals surface area contributed by atoms with Gasteiger partial charge in [0.25, 0.3) is 0 Å². The van der Waals surface area contributed by atoms with E-state index < -0.39 is 15.6 Å². The Morgan fingerprint density at radius 1 is 1.20 bits per heavy atom. The second-order valence-corrected chi connectivity index (χ2v) is 7.72. The topological polar surface area (TPSA) is 93.4 Å². The second kappa shape index (κ2) is 6.73. The minimum absolute atomic E-state index is 0.141. The van der Waals surface area contributed by atoms with Gasteiger partial charge >= 0.3 is 5.63 Å². The van der Waals surface area contributed by atoms with E-state index in [1.165, 1.54) is 35.6 Å². The third-order valence-electron chi connectivity index (χ3n) is 4.01. The van der Waals surface area contributed by atoms with Crippen molar-refractivity contribution in [1.82, 2.24) is 14.3 Å². The van der Waals surface area contributed by atoms with E-state index in [0.29, 0.717) is 17.4 Å². The molecule has 0 spiro atoms. The fourth-order valence-corrected chi connectivity index (χ4v) is 3.88. The molecule has 0 saturated carbocycles. The van der Waals surface area contributed by atoms with Crippen molar-refractivity contribution in [2.24, 2.45) is 0 Å². The van der Waals surface area contributed by atoms with Crippen LogP contribution in [0.1, 0.15) is 12.6 Å². The number of aromatic nitrogens is 2. The monoisotopic (exact) mass is 359 g/mol. The van der Waals surface area contributed by atoms with Gasteiger partial charge < -0.3 is 4.42 Å². The number of nitrogens with zero attached hydrogens (tertiary/aromatic N) is 3. The molecule has 1 unspecified atom stereocenters. The molecule has 0 amide bonds. The molecule has 3 aromatic rings. The Hall–Kier alpha value is -2.58. The van der Waals surface area contributed by atoms with Crippen LogP contribution in [-0.2, 0) is 16.4 Å². The summed E-state index contributed by atoms with van der Waals surface area (Å²) in [5.74, 6) is 0. The number of sulfonamides is 1. The Labute approximate surface area is 145 Å². The van der Waals surface area contributed by atoms with Gasteiger partial charge in [0.1, 0.15) is 5.58 Å². The number of likely N-dealkylation sites (N-methyl/N-ethyl adjacent to an activating group) is 1. The maximum Gasteiger partial charge on any atom is 0.336 e. The maximum absolute atomic E-state index is 12.9. The van der Waals surface area contributed by atoms with E-state index in [0.717, 1.165) is 5.69 Å². The van der Waals surface area contributed by atoms with Crippen LogP contribution in [0.25, 0.3) is 11.0 Å². The predicted molar refractivity (Wildman–Crippen MR) is 92.6 cm³/mol. The summed E-state index contributed by atoms with van der Waals surface area (Å²) in [7, 11) is -2.16. The minimum Gasteiger partial charge on any atom is -0.423 e. The molecule has 2 aromatic heterocycles. The van der Waals surface area contributed by atoms with Crippen molar-refractivity contribution in [3.63, 3.8) is 0 Å². The van der Waals surface area contributed by atoms with Crippen molar-refractivity contribution < 1.29 is 12.8 Å². The van der Waals surface area contributed by atoms with E-state index in [-0.39, 0.29) is 10.9 Å². The van der Waals surface area contributed by atoms with Crippen molar-refractivity contribution in [2.75, 3.05) is 7.05 Å². The molecule has 0 N–H and O–H groups in total. The fourth-order valence-electron chi connectivity index (χ4n) is 2.48. The van der Waals surface area contributed by atoms with Gasteiger partial charge in [0.2, 0.25) is 10.0 Å². The molecule has 1 atom stereocenters. The van der Waals surface area contributed by atoms with E-state index in [1.807, 2.05) is 6.92 Å². The average Bonchev–Trinajstić information content (AvgIpc) is 2.61. The summed E-state index contributed by atoms with van der Waals surface area (Å²) in [6.07, 6.45) is 5.22. The molecule has 3 rings (SSSR count). The Bertz CT molecular complexity index is 1050. The standard InChI is InChI=1S/C17H17N3O4S/c1-12(9-14-11-18-7-8-19-14)20(2)25(22,23)15-4-5-16-13(10-15)3-6-17(21)24-16/h3-8,10-12H,9H2,1-2H3. The van der Waals surface area contributed by atoms with Gasteiger partial charge in [-0.1, -0.05) is 0 Å². The lowest BCUT2D eigenvalue weighted by Crippen LogP contribution is -2.36. The molecule has 0 fully saturated rings. The Balaban J connectivity index is 1.89. The summed E-state index contributed by atoms with van der Waals surface area (Å²) in [5.41, 5.74) is 0.594. The summed E-state index contributed by atoms with van der Waals surface area (Å²) in [6.45, 7) is 1.81. The van der Waals surface area contributed by atoms with Gasteiger partial charge in [0.15, 0.2) is 0 Å². The van der Waals surface area contributed by atoms with Crippen molar-refractivity contribution in [1.29, 1.82) is 0 Å². The first-order chi connectivity index (χ1) is 11.9. The smallest absolute Gasteiger partial charge is 0.336 e. The van der Waals surface area contributed by atoms with Crippen LogP contribution in [0, 0.1) is 0 Å². The van der Waals surface area contributed by atoms with E-state index in [2.05, 4.69) is 9.97 Å². The zero-order valence-corrected chi connectivity index (χ0v) is 14.6. The van der Waals surface area contributed by atoms with Crippen LogP contribution in [0.2, 0.25) is 0 Å². The summed E-state index contributed by atoms with van der Waals surface area (Å²) < 4.78 is 32.1. The Morgan fingerprint density at radius 2 is 2.00 bits per heavy atom. The molecule has 0 bridgehead atoms. The van der Waals surface area contributed by atoms with Gasteiger partial charge in [0, 0.05) is 49.6 Å². The molecule has 0 aliphatic rings. The predicted octanol–water partition coefficient (Wildman–Crippen LogP) is 1.83. The van der Waals surface area contributed by atoms with Crippen molar-refractivity contribution in [3.05, 3.63) is 65.0 Å². The van der Waals surface area contributed by atoms with Crippen LogP contribution >= 0.6 is 0 Å². The highest BCUT2D eigenvalue weighted by atomic mass is 32.2. The molecular formula is C17H17N3O4S. The lowest BCUT2D eigenvalue weighted by molar-refractivity contribution is 0.384. The highest BCUT2D eigenvalue weighted by molar-refractivity contribution is 7.89. The molecule has 2 heterocycles. The first-order valence-corrected chi connectivity index (χ1v) is 9.09. The summed E-state index contributed by atoms with van der Waals surface area (Å²) in [4.78, 5) is 19.5. The number of benzene rings is 1. The SMILES string of the molecule is CC(Cc1cnccn1)N(C)S(=O)(=O)c1ccc2oc(=O)ccc2c1. The largest absolute Gasteiger partial charge is 0.423 e. The molecule has 0 saturated heterocycles. The first-order valence-electron chi connectivity index (χ1n) is 7.65. The molecule has 7 nitrogen and oxygen atoms in total. The van der Waals surface area contributed by atoms with E-state index >= 15 is 0 Å². The van der Waals surface area contributed by atoms with Gasteiger partial charge in [-0.2, -0.15) is 4.31 Å². The third-order valence-corrected chi connectivity index (χ3v) is 5.98. The second-order valence-electron chi connectivity index (χ2n) is 5.73. The molecule has 25 heavy (non-hydrogen) atoms. The van der Waals surface area contributed by atoms with Crippen LogP contribution in [-0.4, -0.2) is 35.8 Å². The molecule has 0 radical (unpaired) electrons. The van der Waals surface area contributed by atoms with Crippen molar-refractivity contribution >= 4 is 21.0 Å². The van der Waals surface area contributed by atoms with Gasteiger partial charge in [-0.05, 0) is 31.2 Å².